The smallest absolute Gasteiger partial charge is 0.271 e. The SMILES string of the molecule is O=C(NN=C1C(=O)c2cccc3cccc1c23)c1cccc(S(=O)(=O)N2CCCCC2)c1. The molecule has 1 saturated heterocycles. The van der Waals surface area contributed by atoms with E-state index < -0.39 is 15.9 Å². The number of Topliss-reactive ketones (excluding diaryl/α,β-unsaturated/α-hetero) is 1. The number of benzene rings is 3. The van der Waals surface area contributed by atoms with Gasteiger partial charge < -0.3 is 0 Å². The van der Waals surface area contributed by atoms with Gasteiger partial charge in [0.2, 0.25) is 15.8 Å². The van der Waals surface area contributed by atoms with Crippen molar-refractivity contribution in [2.24, 2.45) is 5.10 Å². The van der Waals surface area contributed by atoms with Gasteiger partial charge in [0.15, 0.2) is 0 Å². The van der Waals surface area contributed by atoms with Gasteiger partial charge in [0.05, 0.1) is 4.90 Å². The average molecular weight is 448 g/mol. The first-order valence-electron chi connectivity index (χ1n) is 10.5. The maximum absolute atomic E-state index is 12.9. The van der Waals surface area contributed by atoms with E-state index in [1.54, 1.807) is 12.1 Å². The number of sulfonamides is 1. The predicted octanol–water partition coefficient (Wildman–Crippen LogP) is 3.34. The Morgan fingerprint density at radius 2 is 1.59 bits per heavy atom. The number of amides is 1. The molecular formula is C24H21N3O4S. The molecule has 0 unspecified atom stereocenters. The molecule has 1 heterocycles. The fourth-order valence-electron chi connectivity index (χ4n) is 4.31. The Morgan fingerprint density at radius 3 is 2.34 bits per heavy atom. The number of nitrogens with zero attached hydrogens (tertiary/aromatic N) is 2. The summed E-state index contributed by atoms with van der Waals surface area (Å²) in [6.45, 7) is 0.973. The maximum atomic E-state index is 12.9. The molecule has 1 N–H and O–H groups in total. The van der Waals surface area contributed by atoms with Crippen LogP contribution in [0.25, 0.3) is 10.8 Å². The number of carbonyl (C=O) groups excluding carboxylic acids is 2. The normalized spacial score (nSPS) is 17.8. The topological polar surface area (TPSA) is 95.9 Å². The van der Waals surface area contributed by atoms with Crippen molar-refractivity contribution in [2.75, 3.05) is 13.1 Å². The summed E-state index contributed by atoms with van der Waals surface area (Å²) in [5.41, 5.74) is 3.98. The molecule has 0 radical (unpaired) electrons. The third kappa shape index (κ3) is 3.41. The molecule has 8 heteroatoms. The van der Waals surface area contributed by atoms with Crippen LogP contribution in [-0.4, -0.2) is 43.2 Å². The van der Waals surface area contributed by atoms with Crippen molar-refractivity contribution in [1.82, 2.24) is 9.73 Å². The molecule has 7 nitrogen and oxygen atoms in total. The summed E-state index contributed by atoms with van der Waals surface area (Å²) < 4.78 is 27.3. The third-order valence-electron chi connectivity index (χ3n) is 5.94. The van der Waals surface area contributed by atoms with Gasteiger partial charge in [0.1, 0.15) is 5.71 Å². The van der Waals surface area contributed by atoms with E-state index in [2.05, 4.69) is 10.5 Å². The Balaban J connectivity index is 1.41. The van der Waals surface area contributed by atoms with E-state index in [-0.39, 0.29) is 22.0 Å². The number of hydrogen-bond acceptors (Lipinski definition) is 5. The second-order valence-electron chi connectivity index (χ2n) is 7.93. The standard InChI is InChI=1S/C24H21N3O4S/c28-23-20-12-6-8-16-7-5-11-19(21(16)20)22(23)25-26-24(29)17-9-4-10-18(15-17)32(30,31)27-13-2-1-3-14-27/h4-12,15H,1-3,13-14H2,(H,26,29). The highest BCUT2D eigenvalue weighted by Crippen LogP contribution is 2.31. The van der Waals surface area contributed by atoms with Crippen molar-refractivity contribution in [3.63, 3.8) is 0 Å². The molecule has 0 aromatic heterocycles. The Hall–Kier alpha value is -3.36. The van der Waals surface area contributed by atoms with Crippen LogP contribution in [0.2, 0.25) is 0 Å². The molecule has 0 bridgehead atoms. The summed E-state index contributed by atoms with van der Waals surface area (Å²) in [6.07, 6.45) is 2.69. The summed E-state index contributed by atoms with van der Waals surface area (Å²) in [6, 6.07) is 16.9. The minimum Gasteiger partial charge on any atom is -0.287 e. The van der Waals surface area contributed by atoms with Gasteiger partial charge in [-0.3, -0.25) is 9.59 Å². The van der Waals surface area contributed by atoms with E-state index in [9.17, 15) is 18.0 Å². The van der Waals surface area contributed by atoms with Gasteiger partial charge in [-0.1, -0.05) is 48.9 Å². The highest BCUT2D eigenvalue weighted by Gasteiger charge is 2.29. The molecule has 1 amide bonds. The molecule has 32 heavy (non-hydrogen) atoms. The van der Waals surface area contributed by atoms with E-state index >= 15 is 0 Å². The first-order valence-corrected chi connectivity index (χ1v) is 12.0. The summed E-state index contributed by atoms with van der Waals surface area (Å²) in [5.74, 6) is -0.831. The van der Waals surface area contributed by atoms with E-state index in [1.807, 2.05) is 24.3 Å². The quantitative estimate of drug-likeness (QED) is 0.621. The summed E-state index contributed by atoms with van der Waals surface area (Å²) in [4.78, 5) is 25.6. The predicted molar refractivity (Wildman–Crippen MR) is 121 cm³/mol. The van der Waals surface area contributed by atoms with Crippen molar-refractivity contribution < 1.29 is 18.0 Å². The minimum absolute atomic E-state index is 0.0776. The molecule has 0 saturated carbocycles. The van der Waals surface area contributed by atoms with Gasteiger partial charge in [-0.2, -0.15) is 9.41 Å². The summed E-state index contributed by atoms with van der Waals surface area (Å²) in [7, 11) is -3.66. The molecule has 0 atom stereocenters. The molecule has 162 valence electrons. The van der Waals surface area contributed by atoms with Crippen LogP contribution in [0.3, 0.4) is 0 Å². The Kier molecular flexibility index (Phi) is 5.11. The number of carbonyl (C=O) groups is 2. The van der Waals surface area contributed by atoms with E-state index in [0.29, 0.717) is 24.2 Å². The van der Waals surface area contributed by atoms with Gasteiger partial charge in [-0.25, -0.2) is 13.8 Å². The van der Waals surface area contributed by atoms with Gasteiger partial charge in [-0.05, 0) is 36.4 Å². The number of rotatable bonds is 4. The summed E-state index contributed by atoms with van der Waals surface area (Å²) >= 11 is 0. The molecular weight excluding hydrogens is 426 g/mol. The van der Waals surface area contributed by atoms with Crippen LogP contribution in [0.5, 0.6) is 0 Å². The van der Waals surface area contributed by atoms with Crippen LogP contribution >= 0.6 is 0 Å². The lowest BCUT2D eigenvalue weighted by atomic mass is 10.1. The van der Waals surface area contributed by atoms with E-state index in [1.165, 1.54) is 28.6 Å². The van der Waals surface area contributed by atoms with Crippen LogP contribution in [0, 0.1) is 0 Å². The first kappa shape index (κ1) is 20.5. The van der Waals surface area contributed by atoms with Gasteiger partial charge >= 0.3 is 0 Å². The van der Waals surface area contributed by atoms with Crippen LogP contribution in [0.4, 0.5) is 0 Å². The van der Waals surface area contributed by atoms with Crippen molar-refractivity contribution in [3.05, 3.63) is 77.4 Å². The maximum Gasteiger partial charge on any atom is 0.271 e. The van der Waals surface area contributed by atoms with Crippen molar-refractivity contribution in [1.29, 1.82) is 0 Å². The van der Waals surface area contributed by atoms with Gasteiger partial charge in [0, 0.05) is 35.2 Å². The van der Waals surface area contributed by atoms with Crippen LogP contribution < -0.4 is 5.43 Å². The molecule has 1 aliphatic heterocycles. The highest BCUT2D eigenvalue weighted by atomic mass is 32.2. The van der Waals surface area contributed by atoms with Crippen LogP contribution in [0.15, 0.2) is 70.7 Å². The Labute approximate surface area is 185 Å². The molecule has 3 aromatic rings. The molecule has 5 rings (SSSR count). The largest absolute Gasteiger partial charge is 0.287 e. The third-order valence-corrected chi connectivity index (χ3v) is 7.83. The molecule has 1 fully saturated rings. The number of ketones is 1. The zero-order valence-electron chi connectivity index (χ0n) is 17.2. The van der Waals surface area contributed by atoms with Crippen LogP contribution in [0.1, 0.15) is 45.5 Å². The zero-order chi connectivity index (χ0) is 22.3. The van der Waals surface area contributed by atoms with Gasteiger partial charge in [-0.15, -0.1) is 0 Å². The lowest BCUT2D eigenvalue weighted by Gasteiger charge is -2.25. The zero-order valence-corrected chi connectivity index (χ0v) is 18.1. The second kappa shape index (κ2) is 7.96. The fraction of sp³-hybridized carbons (Fsp3) is 0.208. The van der Waals surface area contributed by atoms with Gasteiger partial charge in [0.25, 0.3) is 5.91 Å². The molecule has 3 aromatic carbocycles. The minimum atomic E-state index is -3.66. The first-order chi connectivity index (χ1) is 15.5. The molecule has 2 aliphatic rings. The Morgan fingerprint density at radius 1 is 0.906 bits per heavy atom. The molecule has 1 aliphatic carbocycles. The lowest BCUT2D eigenvalue weighted by molar-refractivity contribution is 0.0954. The van der Waals surface area contributed by atoms with Crippen molar-refractivity contribution >= 4 is 38.2 Å². The summed E-state index contributed by atoms with van der Waals surface area (Å²) in [5, 5.41) is 5.86. The Bertz CT molecular complexity index is 1380. The lowest BCUT2D eigenvalue weighted by Crippen LogP contribution is -2.35. The number of hydrazone groups is 1. The van der Waals surface area contributed by atoms with Crippen molar-refractivity contribution in [2.45, 2.75) is 24.2 Å². The average Bonchev–Trinajstić information content (AvgIpc) is 3.11. The van der Waals surface area contributed by atoms with E-state index in [0.717, 1.165) is 30.0 Å². The van der Waals surface area contributed by atoms with Crippen molar-refractivity contribution in [3.8, 4) is 0 Å². The molecule has 0 spiro atoms. The number of piperidine rings is 1. The second-order valence-corrected chi connectivity index (χ2v) is 9.87. The highest BCUT2D eigenvalue weighted by molar-refractivity contribution is 7.89. The fourth-order valence-corrected chi connectivity index (χ4v) is 5.88. The van der Waals surface area contributed by atoms with Crippen LogP contribution in [-0.2, 0) is 10.0 Å². The number of hydrogen-bond donors (Lipinski definition) is 1. The number of nitrogens with one attached hydrogen (secondary N) is 1. The van der Waals surface area contributed by atoms with E-state index in [4.69, 9.17) is 0 Å². The monoisotopic (exact) mass is 447 g/mol.